The number of carbonyl (C=O) groups excluding carboxylic acids is 2. The van der Waals surface area contributed by atoms with Gasteiger partial charge >= 0.3 is 12.1 Å². The number of nitrogens with one attached hydrogen (secondary N) is 2. The number of aromatic nitrogens is 2. The molecule has 1 fully saturated rings. The van der Waals surface area contributed by atoms with E-state index in [9.17, 15) is 40.7 Å². The molecular weight excluding hydrogens is 608 g/mol. The predicted molar refractivity (Wildman–Crippen MR) is 152 cm³/mol. The number of piperidine rings is 1. The number of para-hydroxylation sites is 1. The third kappa shape index (κ3) is 7.36. The number of hydrogen-bond acceptors (Lipinski definition) is 5. The summed E-state index contributed by atoms with van der Waals surface area (Å²) < 4.78 is 82.8. The van der Waals surface area contributed by atoms with E-state index in [2.05, 4.69) is 15.7 Å². The zero-order valence-corrected chi connectivity index (χ0v) is 23.3. The molecule has 236 valence electrons. The lowest BCUT2D eigenvalue weighted by atomic mass is 10.0. The van der Waals surface area contributed by atoms with Crippen LogP contribution in [-0.2, 0) is 17.8 Å². The van der Waals surface area contributed by atoms with Gasteiger partial charge in [-0.05, 0) is 54.4 Å². The minimum atomic E-state index is -4.63. The van der Waals surface area contributed by atoms with Crippen LogP contribution in [0.25, 0.3) is 10.9 Å². The number of aliphatic carboxylic acids is 1. The van der Waals surface area contributed by atoms with Crippen molar-refractivity contribution in [3.8, 4) is 0 Å². The molecule has 9 nitrogen and oxygen atoms in total. The van der Waals surface area contributed by atoms with Gasteiger partial charge in [-0.2, -0.15) is 18.3 Å². The van der Waals surface area contributed by atoms with Gasteiger partial charge in [0.05, 0.1) is 29.9 Å². The number of rotatable bonds is 8. The smallest absolute Gasteiger partial charge is 0.408 e. The zero-order valence-electron chi connectivity index (χ0n) is 23.3. The molecule has 0 aliphatic carbocycles. The van der Waals surface area contributed by atoms with Gasteiger partial charge in [0, 0.05) is 29.6 Å². The molecule has 4 aromatic rings. The van der Waals surface area contributed by atoms with Crippen molar-refractivity contribution in [1.82, 2.24) is 9.78 Å². The molecule has 0 atom stereocenters. The summed E-state index contributed by atoms with van der Waals surface area (Å²) in [6, 6.07) is 12.8. The van der Waals surface area contributed by atoms with Crippen molar-refractivity contribution in [2.24, 2.45) is 0 Å². The van der Waals surface area contributed by atoms with E-state index in [-0.39, 0.29) is 64.2 Å². The van der Waals surface area contributed by atoms with Gasteiger partial charge in [0.2, 0.25) is 0 Å². The van der Waals surface area contributed by atoms with Crippen molar-refractivity contribution in [2.75, 3.05) is 28.6 Å². The Morgan fingerprint density at radius 3 is 2.40 bits per heavy atom. The van der Waals surface area contributed by atoms with Crippen molar-refractivity contribution in [1.29, 1.82) is 0 Å². The highest BCUT2D eigenvalue weighted by Gasteiger charge is 2.36. The Kier molecular flexibility index (Phi) is 8.45. The molecule has 2 amide bonds. The number of halogens is 6. The normalized spacial score (nSPS) is 14.8. The Labute approximate surface area is 251 Å². The van der Waals surface area contributed by atoms with Gasteiger partial charge in [-0.3, -0.25) is 19.1 Å². The number of fused-ring (bicyclic) bond motifs is 1. The number of carbonyl (C=O) groups is 3. The highest BCUT2D eigenvalue weighted by molar-refractivity contribution is 6.13. The topological polar surface area (TPSA) is 117 Å². The zero-order chi connectivity index (χ0) is 32.5. The number of carboxylic acid groups (broad SMARTS) is 1. The van der Waals surface area contributed by atoms with Gasteiger partial charge in [0.15, 0.2) is 5.69 Å². The van der Waals surface area contributed by atoms with Crippen LogP contribution in [0, 0.1) is 5.82 Å². The first kappa shape index (κ1) is 31.3. The van der Waals surface area contributed by atoms with Crippen LogP contribution in [0.15, 0.2) is 60.7 Å². The van der Waals surface area contributed by atoms with Crippen LogP contribution in [-0.4, -0.2) is 57.9 Å². The van der Waals surface area contributed by atoms with E-state index in [1.165, 1.54) is 53.4 Å². The molecule has 1 saturated heterocycles. The maximum Gasteiger partial charge on any atom is 0.408 e. The molecule has 2 heterocycles. The van der Waals surface area contributed by atoms with Gasteiger partial charge in [-0.15, -0.1) is 0 Å². The Hall–Kier alpha value is -5.08. The van der Waals surface area contributed by atoms with E-state index in [0.29, 0.717) is 4.68 Å². The molecule has 0 bridgehead atoms. The van der Waals surface area contributed by atoms with Gasteiger partial charge < -0.3 is 20.6 Å². The fourth-order valence-electron chi connectivity index (χ4n) is 5.18. The molecular formula is C30H25F6N5O4. The number of carboxylic acids is 1. The van der Waals surface area contributed by atoms with E-state index >= 15 is 0 Å². The molecule has 0 saturated carbocycles. The average Bonchev–Trinajstić information content (AvgIpc) is 3.30. The van der Waals surface area contributed by atoms with Crippen LogP contribution in [0.5, 0.6) is 0 Å². The Balaban J connectivity index is 1.51. The van der Waals surface area contributed by atoms with Crippen molar-refractivity contribution < 1.29 is 45.8 Å². The van der Waals surface area contributed by atoms with Crippen LogP contribution in [0.4, 0.5) is 43.4 Å². The van der Waals surface area contributed by atoms with Gasteiger partial charge in [-0.1, -0.05) is 18.2 Å². The molecule has 0 spiro atoms. The molecule has 5 rings (SSSR count). The minimum Gasteiger partial charge on any atom is -0.481 e. The van der Waals surface area contributed by atoms with Gasteiger partial charge in [0.25, 0.3) is 17.7 Å². The standard InChI is InChI=1S/C30H25F6N5O4/c31-19-7-8-21(18(12-19)14-25(42)43)37-27(44)17-6-9-24(40-11-3-10-29(32,33)15-40)22(13-17)38-28(45)26-20-4-1-2-5-23(20)41(39-26)16-30(34,35)36/h1-2,4-9,12-13H,3,10-11,14-16H2,(H,37,44)(H,38,45)(H,42,43). The lowest BCUT2D eigenvalue weighted by Crippen LogP contribution is -2.43. The first-order valence-electron chi connectivity index (χ1n) is 13.6. The number of alkyl halides is 5. The number of benzene rings is 3. The molecule has 1 aliphatic rings. The number of hydrogen-bond donors (Lipinski definition) is 3. The SMILES string of the molecule is O=C(O)Cc1cc(F)ccc1NC(=O)c1ccc(N2CCCC(F)(F)C2)c(NC(=O)c2nn(CC(F)(F)F)c3ccccc23)c1. The van der Waals surface area contributed by atoms with Crippen LogP contribution in [0.1, 0.15) is 39.3 Å². The number of nitrogens with zero attached hydrogens (tertiary/aromatic N) is 3. The van der Waals surface area contributed by atoms with Crippen molar-refractivity contribution in [2.45, 2.75) is 37.9 Å². The Morgan fingerprint density at radius 1 is 0.956 bits per heavy atom. The van der Waals surface area contributed by atoms with E-state index in [1.807, 2.05) is 0 Å². The minimum absolute atomic E-state index is 0.0100. The Bertz CT molecular complexity index is 1790. The van der Waals surface area contributed by atoms with Crippen LogP contribution in [0.2, 0.25) is 0 Å². The summed E-state index contributed by atoms with van der Waals surface area (Å²) in [7, 11) is 0. The fraction of sp³-hybridized carbons (Fsp3) is 0.267. The van der Waals surface area contributed by atoms with Crippen LogP contribution >= 0.6 is 0 Å². The summed E-state index contributed by atoms with van der Waals surface area (Å²) in [4.78, 5) is 39.3. The first-order valence-corrected chi connectivity index (χ1v) is 13.6. The monoisotopic (exact) mass is 633 g/mol. The lowest BCUT2D eigenvalue weighted by Gasteiger charge is -2.35. The molecule has 0 unspecified atom stereocenters. The predicted octanol–water partition coefficient (Wildman–Crippen LogP) is 6.10. The molecule has 3 N–H and O–H groups in total. The summed E-state index contributed by atoms with van der Waals surface area (Å²) in [5.74, 6) is -6.77. The van der Waals surface area contributed by atoms with Gasteiger partial charge in [0.1, 0.15) is 12.4 Å². The molecule has 1 aliphatic heterocycles. The van der Waals surface area contributed by atoms with Crippen molar-refractivity contribution in [3.63, 3.8) is 0 Å². The summed E-state index contributed by atoms with van der Waals surface area (Å²) in [5.41, 5.74) is -0.370. The summed E-state index contributed by atoms with van der Waals surface area (Å²) in [5, 5.41) is 18.2. The largest absolute Gasteiger partial charge is 0.481 e. The molecule has 0 radical (unpaired) electrons. The Morgan fingerprint density at radius 2 is 1.69 bits per heavy atom. The van der Waals surface area contributed by atoms with E-state index in [1.54, 1.807) is 0 Å². The second-order valence-corrected chi connectivity index (χ2v) is 10.5. The van der Waals surface area contributed by atoms with E-state index < -0.39 is 55.2 Å². The lowest BCUT2D eigenvalue weighted by molar-refractivity contribution is -0.142. The maximum absolute atomic E-state index is 14.4. The summed E-state index contributed by atoms with van der Waals surface area (Å²) in [6.07, 6.45) is -5.44. The number of anilines is 3. The van der Waals surface area contributed by atoms with E-state index in [0.717, 1.165) is 12.1 Å². The average molecular weight is 634 g/mol. The van der Waals surface area contributed by atoms with Crippen molar-refractivity contribution in [3.05, 3.63) is 83.3 Å². The third-order valence-corrected chi connectivity index (χ3v) is 7.10. The first-order chi connectivity index (χ1) is 21.2. The summed E-state index contributed by atoms with van der Waals surface area (Å²) in [6.45, 7) is -1.95. The quantitative estimate of drug-likeness (QED) is 0.202. The van der Waals surface area contributed by atoms with E-state index in [4.69, 9.17) is 5.11 Å². The van der Waals surface area contributed by atoms with Crippen LogP contribution in [0.3, 0.4) is 0 Å². The highest BCUT2D eigenvalue weighted by Crippen LogP contribution is 2.35. The molecule has 3 aromatic carbocycles. The third-order valence-electron chi connectivity index (χ3n) is 7.10. The molecule has 1 aromatic heterocycles. The highest BCUT2D eigenvalue weighted by atomic mass is 19.4. The second kappa shape index (κ2) is 12.1. The van der Waals surface area contributed by atoms with Crippen molar-refractivity contribution >= 4 is 45.7 Å². The maximum atomic E-state index is 14.4. The second-order valence-electron chi connectivity index (χ2n) is 10.5. The number of amides is 2. The van der Waals surface area contributed by atoms with Crippen LogP contribution < -0.4 is 15.5 Å². The van der Waals surface area contributed by atoms with Gasteiger partial charge in [-0.25, -0.2) is 13.2 Å². The summed E-state index contributed by atoms with van der Waals surface area (Å²) >= 11 is 0. The fourth-order valence-corrected chi connectivity index (χ4v) is 5.18. The molecule has 15 heteroatoms. The molecule has 45 heavy (non-hydrogen) atoms.